The molecule has 1 aromatic carbocycles. The van der Waals surface area contributed by atoms with Gasteiger partial charge in [-0.25, -0.2) is 9.59 Å². The minimum atomic E-state index is -2.62. The van der Waals surface area contributed by atoms with Crippen molar-refractivity contribution >= 4 is 29.6 Å². The Balaban J connectivity index is 2.99. The van der Waals surface area contributed by atoms with Gasteiger partial charge in [-0.05, 0) is 50.3 Å². The number of methoxy groups -OCH3 is 3. The van der Waals surface area contributed by atoms with Crippen molar-refractivity contribution in [2.24, 2.45) is 5.92 Å². The van der Waals surface area contributed by atoms with Crippen LogP contribution in [0, 0.1) is 17.8 Å². The molecule has 0 fully saturated rings. The molecule has 0 radical (unpaired) electrons. The van der Waals surface area contributed by atoms with Crippen molar-refractivity contribution in [1.82, 2.24) is 5.32 Å². The molecule has 11 heteroatoms. The summed E-state index contributed by atoms with van der Waals surface area (Å²) in [5.74, 6) is 1.00. The van der Waals surface area contributed by atoms with Crippen molar-refractivity contribution in [3.8, 4) is 17.6 Å². The van der Waals surface area contributed by atoms with Gasteiger partial charge in [-0.3, -0.25) is 14.4 Å². The number of Topliss-reactive ketones (excluding diaryl/α,β-unsaturated/α-hetero) is 1. The van der Waals surface area contributed by atoms with Gasteiger partial charge >= 0.3 is 17.9 Å². The summed E-state index contributed by atoms with van der Waals surface area (Å²) in [6, 6.07) is 5.66. The van der Waals surface area contributed by atoms with Gasteiger partial charge in [-0.1, -0.05) is 75.7 Å². The number of hydrogen-bond donors (Lipinski definition) is 2. The molecule has 0 bridgehead atoms. The molecule has 1 aromatic rings. The standard InChI is InChI=1S/C38H55NO10/c1-6-8-10-13-16-19-30(40)20-17-14-11-12-15-18-21-32(38(45,37(44)48-5)28-34(41)46-3)35(42)39-33(36(43)47-4)27-29-22-24-31(25-23-29)49-26-9-7-2/h18,21-25,32-33,45H,6,8,10-17,19-20,26-28H2,1-5H3,(H,39,42)/t32-,33+,38+/m1/s1. The van der Waals surface area contributed by atoms with Crippen molar-refractivity contribution in [3.63, 3.8) is 0 Å². The van der Waals surface area contributed by atoms with Gasteiger partial charge in [0, 0.05) is 19.3 Å². The Morgan fingerprint density at radius 2 is 1.51 bits per heavy atom. The number of benzene rings is 1. The van der Waals surface area contributed by atoms with Gasteiger partial charge in [0.1, 0.15) is 24.2 Å². The molecule has 0 aliphatic rings. The number of nitrogens with one attached hydrogen (secondary N) is 1. The maximum atomic E-state index is 13.7. The molecule has 0 aliphatic carbocycles. The summed E-state index contributed by atoms with van der Waals surface area (Å²) in [4.78, 5) is 63.8. The van der Waals surface area contributed by atoms with Crippen LogP contribution in [0.25, 0.3) is 0 Å². The van der Waals surface area contributed by atoms with Gasteiger partial charge in [-0.15, -0.1) is 5.92 Å². The fraction of sp³-hybridized carbons (Fsp3) is 0.605. The minimum absolute atomic E-state index is 0.0267. The van der Waals surface area contributed by atoms with Crippen molar-refractivity contribution in [2.75, 3.05) is 27.9 Å². The molecule has 0 saturated carbocycles. The van der Waals surface area contributed by atoms with Gasteiger partial charge in [0.2, 0.25) is 5.91 Å². The fourth-order valence-corrected chi connectivity index (χ4v) is 5.21. The van der Waals surface area contributed by atoms with Gasteiger partial charge < -0.3 is 29.4 Å². The Morgan fingerprint density at radius 1 is 0.878 bits per heavy atom. The lowest BCUT2D eigenvalue weighted by atomic mass is 9.82. The van der Waals surface area contributed by atoms with Crippen LogP contribution in [0.5, 0.6) is 5.75 Å². The van der Waals surface area contributed by atoms with E-state index >= 15 is 0 Å². The van der Waals surface area contributed by atoms with E-state index in [2.05, 4.69) is 28.8 Å². The van der Waals surface area contributed by atoms with Crippen LogP contribution in [0.4, 0.5) is 0 Å². The van der Waals surface area contributed by atoms with E-state index in [0.29, 0.717) is 36.4 Å². The van der Waals surface area contributed by atoms with E-state index in [1.165, 1.54) is 32.4 Å². The van der Waals surface area contributed by atoms with E-state index in [-0.39, 0.29) is 13.0 Å². The van der Waals surface area contributed by atoms with Crippen LogP contribution in [0.3, 0.4) is 0 Å². The third-order valence-corrected chi connectivity index (χ3v) is 8.09. The number of ketones is 1. The molecule has 3 atom stereocenters. The van der Waals surface area contributed by atoms with Crippen molar-refractivity contribution < 1.29 is 48.0 Å². The van der Waals surface area contributed by atoms with Gasteiger partial charge in [0.05, 0.1) is 33.7 Å². The highest BCUT2D eigenvalue weighted by Gasteiger charge is 2.50. The third kappa shape index (κ3) is 16.7. The highest BCUT2D eigenvalue weighted by Crippen LogP contribution is 2.27. The Labute approximate surface area is 291 Å². The lowest BCUT2D eigenvalue weighted by Gasteiger charge is -2.31. The maximum absolute atomic E-state index is 13.7. The second-order valence-electron chi connectivity index (χ2n) is 11.9. The number of carbonyl (C=O) groups excluding carboxylic acids is 5. The number of hydrogen-bond acceptors (Lipinski definition) is 10. The molecule has 11 nitrogen and oxygen atoms in total. The Hall–Kier alpha value is -4.17. The van der Waals surface area contributed by atoms with Crippen LogP contribution >= 0.6 is 0 Å². The first kappa shape index (κ1) is 42.9. The number of unbranched alkanes of at least 4 members (excludes halogenated alkanes) is 8. The first-order valence-electron chi connectivity index (χ1n) is 17.1. The van der Waals surface area contributed by atoms with Gasteiger partial charge in [0.15, 0.2) is 5.60 Å². The van der Waals surface area contributed by atoms with Crippen LogP contribution in [-0.2, 0) is 44.6 Å². The number of rotatable bonds is 25. The monoisotopic (exact) mass is 685 g/mol. The van der Waals surface area contributed by atoms with E-state index in [9.17, 15) is 29.1 Å². The zero-order valence-electron chi connectivity index (χ0n) is 29.8. The maximum Gasteiger partial charge on any atom is 0.339 e. The average Bonchev–Trinajstić information content (AvgIpc) is 3.10. The van der Waals surface area contributed by atoms with Crippen LogP contribution in [0.2, 0.25) is 0 Å². The molecular weight excluding hydrogens is 630 g/mol. The molecule has 49 heavy (non-hydrogen) atoms. The summed E-state index contributed by atoms with van der Waals surface area (Å²) in [5, 5.41) is 14.1. The third-order valence-electron chi connectivity index (χ3n) is 8.09. The van der Waals surface area contributed by atoms with E-state index in [0.717, 1.165) is 52.7 Å². The van der Waals surface area contributed by atoms with Crippen LogP contribution in [0.1, 0.15) is 103 Å². The highest BCUT2D eigenvalue weighted by atomic mass is 16.5. The number of esters is 3. The predicted molar refractivity (Wildman–Crippen MR) is 185 cm³/mol. The number of aliphatic hydroxyl groups is 1. The number of carbonyl (C=O) groups is 5. The van der Waals surface area contributed by atoms with E-state index in [1.54, 1.807) is 37.3 Å². The molecule has 0 spiro atoms. The normalized spacial score (nSPS) is 13.3. The molecule has 272 valence electrons. The van der Waals surface area contributed by atoms with Crippen molar-refractivity contribution in [1.29, 1.82) is 0 Å². The summed E-state index contributed by atoms with van der Waals surface area (Å²) in [5.41, 5.74) is -1.96. The summed E-state index contributed by atoms with van der Waals surface area (Å²) in [6.07, 6.45) is 12.7. The lowest BCUT2D eigenvalue weighted by molar-refractivity contribution is -0.176. The topological polar surface area (TPSA) is 155 Å². The summed E-state index contributed by atoms with van der Waals surface area (Å²) >= 11 is 0. The number of allylic oxidation sites excluding steroid dienone is 1. The molecule has 0 unspecified atom stereocenters. The second kappa shape index (κ2) is 24.9. The number of ether oxygens (including phenoxy) is 4. The molecule has 0 saturated heterocycles. The Morgan fingerprint density at radius 3 is 2.08 bits per heavy atom. The second-order valence-corrected chi connectivity index (χ2v) is 11.9. The van der Waals surface area contributed by atoms with Gasteiger partial charge in [0.25, 0.3) is 0 Å². The lowest BCUT2D eigenvalue weighted by Crippen LogP contribution is -2.56. The van der Waals surface area contributed by atoms with E-state index in [4.69, 9.17) is 14.2 Å². The molecule has 0 aliphatic heterocycles. The number of amides is 1. The molecule has 2 N–H and O–H groups in total. The van der Waals surface area contributed by atoms with Crippen molar-refractivity contribution in [3.05, 3.63) is 42.0 Å². The van der Waals surface area contributed by atoms with Crippen molar-refractivity contribution in [2.45, 2.75) is 115 Å². The molecule has 0 heterocycles. The Bertz CT molecular complexity index is 1260. The first-order valence-corrected chi connectivity index (χ1v) is 17.1. The van der Waals surface area contributed by atoms with E-state index < -0.39 is 47.8 Å². The van der Waals surface area contributed by atoms with Crippen LogP contribution < -0.4 is 10.1 Å². The minimum Gasteiger partial charge on any atom is -0.481 e. The molecule has 1 amide bonds. The van der Waals surface area contributed by atoms with E-state index in [1.807, 2.05) is 0 Å². The predicted octanol–water partition coefficient (Wildman–Crippen LogP) is 5.20. The molecule has 1 rings (SSSR count). The average molecular weight is 686 g/mol. The fourth-order valence-electron chi connectivity index (χ4n) is 5.21. The van der Waals surface area contributed by atoms with Gasteiger partial charge in [-0.2, -0.15) is 0 Å². The zero-order chi connectivity index (χ0) is 36.5. The van der Waals surface area contributed by atoms with Crippen LogP contribution in [0.15, 0.2) is 36.4 Å². The highest BCUT2D eigenvalue weighted by molar-refractivity contribution is 5.95. The summed E-state index contributed by atoms with van der Waals surface area (Å²) < 4.78 is 19.9. The van der Waals surface area contributed by atoms with Crippen LogP contribution in [-0.4, -0.2) is 74.3 Å². The first-order chi connectivity index (χ1) is 23.6. The largest absolute Gasteiger partial charge is 0.481 e. The quantitative estimate of drug-likeness (QED) is 0.0462. The summed E-state index contributed by atoms with van der Waals surface area (Å²) in [7, 11) is 3.30. The SMILES string of the molecule is CC#CCOc1ccc(C[C@H](NC(=O)[C@@H](C=CCCCCCCC(=O)CCCCCCC)[C@@](O)(CC(=O)OC)C(=O)OC)C(=O)OC)cc1. The molecule has 0 aromatic heterocycles. The summed E-state index contributed by atoms with van der Waals surface area (Å²) in [6.45, 7) is 4.10. The smallest absolute Gasteiger partial charge is 0.339 e. The Kier molecular flexibility index (Phi) is 21.8. The molecular formula is C38H55NO10. The zero-order valence-corrected chi connectivity index (χ0v) is 29.8.